The van der Waals surface area contributed by atoms with E-state index in [2.05, 4.69) is 60.0 Å². The van der Waals surface area contributed by atoms with Gasteiger partial charge in [-0.25, -0.2) is 4.58 Å². The monoisotopic (exact) mass is 902 g/mol. The summed E-state index contributed by atoms with van der Waals surface area (Å²) < 4.78 is 78.3. The first-order valence-electron chi connectivity index (χ1n) is 20.9. The van der Waals surface area contributed by atoms with Crippen molar-refractivity contribution >= 4 is 60.4 Å². The predicted octanol–water partition coefficient (Wildman–Crippen LogP) is 10.1. The second kappa shape index (κ2) is 21.8. The second-order valence-electron chi connectivity index (χ2n) is 14.8. The summed E-state index contributed by atoms with van der Waals surface area (Å²) in [5.41, 5.74) is 5.25. The van der Waals surface area contributed by atoms with E-state index in [0.29, 0.717) is 34.4 Å². The summed E-state index contributed by atoms with van der Waals surface area (Å²) in [6.07, 6.45) is 3.81. The summed E-state index contributed by atoms with van der Waals surface area (Å²) in [4.78, 5) is 3.69. The molecule has 0 fully saturated rings. The number of fused-ring (bicyclic) bond motifs is 2. The van der Waals surface area contributed by atoms with E-state index in [4.69, 9.17) is 8.70 Å². The molecule has 1 unspecified atom stereocenters. The molecular weight excluding hydrogens is 847 g/mol. The Bertz CT molecular complexity index is 2640. The molecule has 0 amide bonds. The van der Waals surface area contributed by atoms with Crippen molar-refractivity contribution in [2.45, 2.75) is 73.0 Å². The van der Waals surface area contributed by atoms with Crippen LogP contribution in [0, 0.1) is 5.92 Å². The number of benzene rings is 5. The van der Waals surface area contributed by atoms with E-state index < -0.39 is 30.0 Å². The highest BCUT2D eigenvalue weighted by molar-refractivity contribution is 7.99. The zero-order valence-electron chi connectivity index (χ0n) is 35.2. The molecule has 0 saturated heterocycles. The van der Waals surface area contributed by atoms with Gasteiger partial charge in [-0.3, -0.25) is 4.55 Å². The van der Waals surface area contributed by atoms with Gasteiger partial charge in [0, 0.05) is 75.1 Å². The zero-order chi connectivity index (χ0) is 43.4. The Kier molecular flexibility index (Phi) is 16.5. The highest BCUT2D eigenvalue weighted by atomic mass is 32.2. The first kappa shape index (κ1) is 46.4. The Balaban J connectivity index is 1.44. The van der Waals surface area contributed by atoms with Gasteiger partial charge in [0.05, 0.1) is 16.7 Å². The molecule has 324 valence electrons. The first-order valence-corrected chi connectivity index (χ1v) is 25.7. The van der Waals surface area contributed by atoms with E-state index in [1.165, 1.54) is 21.9 Å². The molecule has 6 rings (SSSR count). The van der Waals surface area contributed by atoms with Gasteiger partial charge in [0.15, 0.2) is 6.54 Å². The molecule has 1 aliphatic heterocycles. The Hall–Kier alpha value is -4.15. The maximum atomic E-state index is 13.5. The quantitative estimate of drug-likeness (QED) is 0.0222. The van der Waals surface area contributed by atoms with Crippen molar-refractivity contribution in [1.82, 2.24) is 10.1 Å². The van der Waals surface area contributed by atoms with E-state index >= 15 is 0 Å². The van der Waals surface area contributed by atoms with Crippen LogP contribution in [-0.4, -0.2) is 65.6 Å². The fraction of sp³-hybridized carbons (Fsp3) is 0.340. The average molecular weight is 903 g/mol. The fourth-order valence-corrected chi connectivity index (χ4v) is 10.8. The molecule has 4 aromatic rings. The van der Waals surface area contributed by atoms with Crippen molar-refractivity contribution in [3.63, 3.8) is 0 Å². The van der Waals surface area contributed by atoms with Crippen molar-refractivity contribution in [2.24, 2.45) is 5.92 Å². The molecule has 4 aromatic carbocycles. The van der Waals surface area contributed by atoms with Gasteiger partial charge >= 0.3 is 10.1 Å². The minimum Gasteiger partial charge on any atom is -0.456 e. The fourth-order valence-electron chi connectivity index (χ4n) is 7.37. The third-order valence-electron chi connectivity index (χ3n) is 10.8. The predicted molar refractivity (Wildman–Crippen MR) is 251 cm³/mol. The van der Waals surface area contributed by atoms with E-state index in [9.17, 15) is 21.4 Å². The Morgan fingerprint density at radius 3 is 2.13 bits per heavy atom. The number of unbranched alkanes of at least 4 members (excludes halogenated alkanes) is 1. The Morgan fingerprint density at radius 1 is 0.803 bits per heavy atom. The van der Waals surface area contributed by atoms with Gasteiger partial charge < -0.3 is 9.32 Å². The topological polar surface area (TPSA) is 129 Å². The van der Waals surface area contributed by atoms with Crippen LogP contribution in [0.1, 0.15) is 53.4 Å². The molecule has 1 atom stereocenters. The largest absolute Gasteiger partial charge is 0.456 e. The normalized spacial score (nSPS) is 13.1. The SMILES string of the molecule is CCCCC(CC)CNOS(=O)(=O)c1ccc(-c2c3ccc(=[N+](CC)CCSc4ccccc4)cc-3oc3cc(N(CC)CCSc4ccccc4)ccc23)c(S(=O)(=O)O)c1. The van der Waals surface area contributed by atoms with Crippen molar-refractivity contribution in [3.8, 4) is 22.5 Å². The van der Waals surface area contributed by atoms with Crippen LogP contribution in [0.25, 0.3) is 33.4 Å². The van der Waals surface area contributed by atoms with Crippen LogP contribution in [0.4, 0.5) is 5.69 Å². The van der Waals surface area contributed by atoms with Gasteiger partial charge in [0.1, 0.15) is 22.8 Å². The number of rotatable bonds is 22. The molecule has 0 bridgehead atoms. The lowest BCUT2D eigenvalue weighted by molar-refractivity contribution is 0.179. The summed E-state index contributed by atoms with van der Waals surface area (Å²) in [7, 11) is -9.42. The molecule has 0 saturated carbocycles. The lowest BCUT2D eigenvalue weighted by Gasteiger charge is -2.24. The molecular formula is C47H56N3O7S4+. The van der Waals surface area contributed by atoms with E-state index in [1.807, 2.05) is 79.7 Å². The first-order chi connectivity index (χ1) is 29.4. The maximum Gasteiger partial charge on any atom is 0.312 e. The number of anilines is 1. The van der Waals surface area contributed by atoms with Gasteiger partial charge in [-0.2, -0.15) is 26.6 Å². The molecule has 0 aromatic heterocycles. The minimum atomic E-state index is -4.96. The van der Waals surface area contributed by atoms with Crippen molar-refractivity contribution in [3.05, 3.63) is 121 Å². The summed E-state index contributed by atoms with van der Waals surface area (Å²) in [6.45, 7) is 11.7. The number of hydroxylamine groups is 1. The van der Waals surface area contributed by atoms with Gasteiger partial charge in [-0.15, -0.1) is 23.5 Å². The van der Waals surface area contributed by atoms with Crippen LogP contribution in [0.3, 0.4) is 0 Å². The summed E-state index contributed by atoms with van der Waals surface area (Å²) in [5.74, 6) is 2.44. The summed E-state index contributed by atoms with van der Waals surface area (Å²) in [6, 6.07) is 35.9. The van der Waals surface area contributed by atoms with Gasteiger partial charge in [-0.05, 0) is 80.8 Å². The van der Waals surface area contributed by atoms with Crippen LogP contribution in [-0.2, 0) is 24.5 Å². The van der Waals surface area contributed by atoms with Crippen molar-refractivity contribution in [2.75, 3.05) is 49.1 Å². The third kappa shape index (κ3) is 12.1. The van der Waals surface area contributed by atoms with Crippen LogP contribution < -0.4 is 20.3 Å². The summed E-state index contributed by atoms with van der Waals surface area (Å²) >= 11 is 3.57. The third-order valence-corrected chi connectivity index (χ3v) is 14.8. The highest BCUT2D eigenvalue weighted by Gasteiger charge is 2.28. The van der Waals surface area contributed by atoms with Crippen molar-refractivity contribution in [1.29, 1.82) is 0 Å². The van der Waals surface area contributed by atoms with Crippen LogP contribution in [0.2, 0.25) is 0 Å². The molecule has 0 spiro atoms. The maximum absolute atomic E-state index is 13.5. The number of thioether (sulfide) groups is 2. The molecule has 10 nitrogen and oxygen atoms in total. The number of nitrogens with zero attached hydrogens (tertiary/aromatic N) is 2. The summed E-state index contributed by atoms with van der Waals surface area (Å²) in [5, 5.41) is 1.53. The smallest absolute Gasteiger partial charge is 0.312 e. The number of hydrogen-bond donors (Lipinski definition) is 2. The van der Waals surface area contributed by atoms with E-state index in [-0.39, 0.29) is 11.5 Å². The highest BCUT2D eigenvalue weighted by Crippen LogP contribution is 2.43. The minimum absolute atomic E-state index is 0.129. The van der Waals surface area contributed by atoms with Crippen LogP contribution in [0.5, 0.6) is 0 Å². The van der Waals surface area contributed by atoms with Gasteiger partial charge in [0.2, 0.25) is 5.36 Å². The zero-order valence-corrected chi connectivity index (χ0v) is 38.5. The molecule has 1 heterocycles. The average Bonchev–Trinajstić information content (AvgIpc) is 3.27. The molecule has 14 heteroatoms. The van der Waals surface area contributed by atoms with Crippen LogP contribution in [0.15, 0.2) is 139 Å². The van der Waals surface area contributed by atoms with Gasteiger partial charge in [-0.1, -0.05) is 75.6 Å². The molecule has 1 aliphatic carbocycles. The number of nitrogens with one attached hydrogen (secondary N) is 1. The lowest BCUT2D eigenvalue weighted by Crippen LogP contribution is -2.31. The molecule has 0 radical (unpaired) electrons. The van der Waals surface area contributed by atoms with E-state index in [1.54, 1.807) is 23.5 Å². The van der Waals surface area contributed by atoms with Gasteiger partial charge in [0.25, 0.3) is 10.1 Å². The lowest BCUT2D eigenvalue weighted by atomic mass is 9.93. The standard InChI is InChI=1S/C47H55N3O7S4/c1-5-9-16-35(6-2)34-48-57-61(54,55)40-23-26-43(46(33-40)60(51,52)53)47-41-24-21-36(49(7-3)27-29-58-38-17-12-10-13-18-38)31-44(41)56-45-32-37(22-25-42(45)47)50(8-4)28-30-59-39-19-14-11-15-20-39/h10-15,17-26,31-33,35,48H,5-9,16,27-30,34H2,1-4H3/p+1. The van der Waals surface area contributed by atoms with E-state index in [0.717, 1.165) is 80.5 Å². The Labute approximate surface area is 369 Å². The molecule has 61 heavy (non-hydrogen) atoms. The second-order valence-corrected chi connectivity index (χ2v) is 20.0. The molecule has 2 aliphatic rings. The van der Waals surface area contributed by atoms with Crippen LogP contribution >= 0.6 is 23.5 Å². The molecule has 2 N–H and O–H groups in total. The Morgan fingerprint density at radius 2 is 1.49 bits per heavy atom. The van der Waals surface area contributed by atoms with Crippen molar-refractivity contribution < 1.29 is 30.1 Å². The number of hydrogen-bond acceptors (Lipinski definition) is 10.